The van der Waals surface area contributed by atoms with Crippen LogP contribution < -0.4 is 23.7 Å². The van der Waals surface area contributed by atoms with Crippen LogP contribution in [0.25, 0.3) is 0 Å². The number of hydrogen-bond acceptors (Lipinski definition) is 7. The monoisotopic (exact) mass is 595 g/mol. The van der Waals surface area contributed by atoms with Gasteiger partial charge < -0.3 is 29.1 Å². The number of pyridine rings is 1. The number of carbonyl (C=O) groups is 3. The smallest absolute Gasteiger partial charge is 0.308 e. The lowest BCUT2D eigenvalue weighted by Crippen LogP contribution is -2.46. The third kappa shape index (κ3) is 6.71. The summed E-state index contributed by atoms with van der Waals surface area (Å²) in [5, 5.41) is 10.6. The van der Waals surface area contributed by atoms with Crippen molar-refractivity contribution in [3.63, 3.8) is 0 Å². The van der Waals surface area contributed by atoms with E-state index in [4.69, 9.17) is 14.2 Å². The van der Waals surface area contributed by atoms with E-state index in [1.54, 1.807) is 12.0 Å². The molecule has 0 radical (unpaired) electrons. The second-order valence-electron chi connectivity index (χ2n) is 11.7. The molecule has 1 aromatic carbocycles. The minimum absolute atomic E-state index is 0.0696. The number of anilines is 1. The highest BCUT2D eigenvalue weighted by atomic mass is 16.7. The van der Waals surface area contributed by atoms with Gasteiger partial charge in [-0.1, -0.05) is 13.3 Å². The first-order valence-electron chi connectivity index (χ1n) is 15.3. The summed E-state index contributed by atoms with van der Waals surface area (Å²) >= 11 is 0. The lowest BCUT2D eigenvalue weighted by Gasteiger charge is -2.32. The molecule has 43 heavy (non-hydrogen) atoms. The van der Waals surface area contributed by atoms with Gasteiger partial charge in [0.2, 0.25) is 24.4 Å². The van der Waals surface area contributed by atoms with Crippen LogP contribution in [0, 0.1) is 5.92 Å². The maximum atomic E-state index is 14.0. The van der Waals surface area contributed by atoms with Gasteiger partial charge in [0.15, 0.2) is 23.9 Å². The molecule has 1 aromatic heterocycles. The van der Waals surface area contributed by atoms with Gasteiger partial charge >= 0.3 is 5.97 Å². The zero-order valence-corrected chi connectivity index (χ0v) is 25.4. The van der Waals surface area contributed by atoms with Crippen LogP contribution in [0.1, 0.15) is 56.9 Å². The van der Waals surface area contributed by atoms with Crippen molar-refractivity contribution in [1.82, 2.24) is 9.80 Å². The molecule has 0 bridgehead atoms. The number of carbonyl (C=O) groups excluding carboxylic acids is 2. The molecule has 0 saturated carbocycles. The number of benzene rings is 1. The minimum atomic E-state index is -0.926. The molecule has 3 aliphatic rings. The van der Waals surface area contributed by atoms with Crippen LogP contribution in [0.15, 0.2) is 36.7 Å². The Hall–Kier alpha value is -3.86. The van der Waals surface area contributed by atoms with Gasteiger partial charge in [-0.15, -0.1) is 0 Å². The highest BCUT2D eigenvalue weighted by molar-refractivity contribution is 5.94. The second kappa shape index (κ2) is 13.6. The standard InChI is InChI=1S/C32H42N4O7/c1-4-5-14-36(23-9-8-12-33(2)18-23)29(38)20-35-19-24(22-16-26(41-3)31-27(17-22)42-21-43-31)30(32(39)40)25(35)11-15-34-13-7-6-10-28(34)37/h8-9,12,16-18,24-25,30H,4-7,10-11,13-15,19-21H2,1-3H3/p+1/t24-,25+,30-/m1/s1. The SMILES string of the molecule is CCCCN(C(=O)CN1C[C@H](c2cc(OC)c3c(c2)OCO3)[C@@H](C(=O)O)[C@@H]1CCN1CCCCC1=O)c1ccc[n+](C)c1. The van der Waals surface area contributed by atoms with E-state index in [1.165, 1.54) is 0 Å². The number of aliphatic carboxylic acids is 1. The average Bonchev–Trinajstić information content (AvgIpc) is 3.61. The number of aryl methyl sites for hydroxylation is 1. The summed E-state index contributed by atoms with van der Waals surface area (Å²) in [6, 6.07) is 7.05. The zero-order valence-electron chi connectivity index (χ0n) is 25.4. The van der Waals surface area contributed by atoms with Crippen LogP contribution in [0.3, 0.4) is 0 Å². The Bertz CT molecular complexity index is 1330. The molecule has 3 aliphatic heterocycles. The van der Waals surface area contributed by atoms with Gasteiger partial charge in [-0.25, -0.2) is 4.57 Å². The Morgan fingerprint density at radius 1 is 1.23 bits per heavy atom. The summed E-state index contributed by atoms with van der Waals surface area (Å²) in [5.41, 5.74) is 1.57. The van der Waals surface area contributed by atoms with Crippen LogP contribution in [-0.2, 0) is 21.4 Å². The number of carboxylic acid groups (broad SMARTS) is 1. The maximum Gasteiger partial charge on any atom is 0.308 e. The Kier molecular flexibility index (Phi) is 9.69. The highest BCUT2D eigenvalue weighted by Crippen LogP contribution is 2.47. The van der Waals surface area contributed by atoms with Gasteiger partial charge in [0.1, 0.15) is 12.7 Å². The van der Waals surface area contributed by atoms with Crippen LogP contribution in [0.5, 0.6) is 17.2 Å². The lowest BCUT2D eigenvalue weighted by molar-refractivity contribution is -0.670. The fourth-order valence-electron chi connectivity index (χ4n) is 6.65. The molecule has 232 valence electrons. The number of aromatic nitrogens is 1. The summed E-state index contributed by atoms with van der Waals surface area (Å²) in [4.78, 5) is 45.2. The number of methoxy groups -OCH3 is 1. The molecule has 11 heteroatoms. The van der Waals surface area contributed by atoms with Crippen molar-refractivity contribution in [3.05, 3.63) is 42.2 Å². The molecule has 11 nitrogen and oxygen atoms in total. The molecule has 3 atom stereocenters. The molecule has 4 heterocycles. The van der Waals surface area contributed by atoms with Crippen molar-refractivity contribution in [3.8, 4) is 17.2 Å². The van der Waals surface area contributed by atoms with Gasteiger partial charge in [-0.3, -0.25) is 19.3 Å². The summed E-state index contributed by atoms with van der Waals surface area (Å²) in [7, 11) is 3.47. The first-order chi connectivity index (χ1) is 20.8. The Morgan fingerprint density at radius 2 is 2.07 bits per heavy atom. The molecule has 0 spiro atoms. The Morgan fingerprint density at radius 3 is 2.79 bits per heavy atom. The number of piperidine rings is 1. The molecular weight excluding hydrogens is 552 g/mol. The van der Waals surface area contributed by atoms with Crippen molar-refractivity contribution in [2.75, 3.05) is 51.5 Å². The summed E-state index contributed by atoms with van der Waals surface area (Å²) in [6.45, 7) is 4.32. The molecule has 2 aromatic rings. The fraction of sp³-hybridized carbons (Fsp3) is 0.562. The number of carboxylic acids is 1. The van der Waals surface area contributed by atoms with E-state index >= 15 is 0 Å². The van der Waals surface area contributed by atoms with Gasteiger partial charge in [0.05, 0.1) is 19.6 Å². The molecule has 0 unspecified atom stereocenters. The predicted octanol–water partition coefficient (Wildman–Crippen LogP) is 2.95. The normalized spacial score (nSPS) is 21.7. The first-order valence-corrected chi connectivity index (χ1v) is 15.3. The third-order valence-corrected chi connectivity index (χ3v) is 8.87. The van der Waals surface area contributed by atoms with Crippen LogP contribution in [0.4, 0.5) is 5.69 Å². The molecule has 5 rings (SSSR count). The van der Waals surface area contributed by atoms with Gasteiger partial charge in [0.25, 0.3) is 0 Å². The van der Waals surface area contributed by atoms with E-state index < -0.39 is 23.8 Å². The Balaban J connectivity index is 1.46. The number of rotatable bonds is 12. The number of likely N-dealkylation sites (tertiary alicyclic amines) is 2. The average molecular weight is 596 g/mol. The van der Waals surface area contributed by atoms with Crippen molar-refractivity contribution in [1.29, 1.82) is 0 Å². The van der Waals surface area contributed by atoms with Gasteiger partial charge in [0, 0.05) is 50.6 Å². The highest BCUT2D eigenvalue weighted by Gasteiger charge is 2.48. The van der Waals surface area contributed by atoms with Crippen LogP contribution in [0.2, 0.25) is 0 Å². The second-order valence-corrected chi connectivity index (χ2v) is 11.7. The number of ether oxygens (including phenoxy) is 3. The molecule has 2 saturated heterocycles. The molecule has 2 amide bonds. The number of amides is 2. The molecule has 0 aliphatic carbocycles. The van der Waals surface area contributed by atoms with Crippen molar-refractivity contribution >= 4 is 23.5 Å². The lowest BCUT2D eigenvalue weighted by atomic mass is 9.84. The van der Waals surface area contributed by atoms with E-state index in [0.29, 0.717) is 56.3 Å². The number of unbranched alkanes of at least 4 members (excludes halogenated alkanes) is 1. The van der Waals surface area contributed by atoms with Crippen LogP contribution in [-0.4, -0.2) is 85.4 Å². The van der Waals surface area contributed by atoms with E-state index in [-0.39, 0.29) is 25.2 Å². The summed E-state index contributed by atoms with van der Waals surface area (Å²) in [5.74, 6) is -0.598. The number of hydrogen-bond donors (Lipinski definition) is 1. The molecular formula is C32H43N4O7+. The topological polar surface area (TPSA) is 113 Å². The van der Waals surface area contributed by atoms with E-state index in [1.807, 2.05) is 58.1 Å². The predicted molar refractivity (Wildman–Crippen MR) is 158 cm³/mol. The fourth-order valence-corrected chi connectivity index (χ4v) is 6.65. The third-order valence-electron chi connectivity index (χ3n) is 8.87. The number of nitrogens with zero attached hydrogens (tertiary/aromatic N) is 4. The van der Waals surface area contributed by atoms with Crippen LogP contribution >= 0.6 is 0 Å². The molecule has 2 fully saturated rings. The van der Waals surface area contributed by atoms with Crippen molar-refractivity contribution in [2.45, 2.75) is 57.4 Å². The van der Waals surface area contributed by atoms with E-state index in [2.05, 4.69) is 6.92 Å². The van der Waals surface area contributed by atoms with Crippen molar-refractivity contribution < 1.29 is 38.3 Å². The maximum absolute atomic E-state index is 14.0. The van der Waals surface area contributed by atoms with Crippen molar-refractivity contribution in [2.24, 2.45) is 13.0 Å². The van der Waals surface area contributed by atoms with Gasteiger partial charge in [-0.2, -0.15) is 0 Å². The first kappa shape index (κ1) is 30.6. The molecule has 1 N–H and O–H groups in total. The largest absolute Gasteiger partial charge is 0.493 e. The zero-order chi connectivity index (χ0) is 30.5. The van der Waals surface area contributed by atoms with Gasteiger partial charge in [-0.05, 0) is 49.4 Å². The Labute approximate surface area is 252 Å². The summed E-state index contributed by atoms with van der Waals surface area (Å²) < 4.78 is 18.7. The minimum Gasteiger partial charge on any atom is -0.493 e. The quantitative estimate of drug-likeness (QED) is 0.373. The van der Waals surface area contributed by atoms with E-state index in [9.17, 15) is 19.5 Å². The van der Waals surface area contributed by atoms with E-state index in [0.717, 1.165) is 36.9 Å². The summed E-state index contributed by atoms with van der Waals surface area (Å²) in [6.07, 6.45) is 8.46. The number of fused-ring (bicyclic) bond motifs is 1.